The first kappa shape index (κ1) is 14.5. The predicted octanol–water partition coefficient (Wildman–Crippen LogP) is 1.97. The Bertz CT molecular complexity index is 866. The van der Waals surface area contributed by atoms with Crippen molar-refractivity contribution in [2.45, 2.75) is 0 Å². The summed E-state index contributed by atoms with van der Waals surface area (Å²) in [5.41, 5.74) is 1.62. The van der Waals surface area contributed by atoms with E-state index in [1.807, 2.05) is 6.07 Å². The van der Waals surface area contributed by atoms with Gasteiger partial charge < -0.3 is 10.2 Å². The van der Waals surface area contributed by atoms with Crippen molar-refractivity contribution in [3.8, 4) is 6.07 Å². The number of pyridine rings is 1. The highest BCUT2D eigenvalue weighted by Crippen LogP contribution is 2.37. The van der Waals surface area contributed by atoms with Crippen molar-refractivity contribution in [1.29, 1.82) is 5.26 Å². The van der Waals surface area contributed by atoms with E-state index in [1.54, 1.807) is 49.6 Å². The number of nitriles is 1. The molecular weight excluding hydrogens is 292 g/mol. The molecule has 2 heterocycles. The number of para-hydroxylation sites is 1. The Morgan fingerprint density at radius 2 is 2.04 bits per heavy atom. The van der Waals surface area contributed by atoms with Gasteiger partial charge in [-0.15, -0.1) is 0 Å². The first-order valence-corrected chi connectivity index (χ1v) is 6.86. The monoisotopic (exact) mass is 304 g/mol. The SMILES string of the molecule is CN1C(=O)/C(=C(/C#N)C(=O)Nc2cccnc2)c2ccccc21. The number of aromatic nitrogens is 1. The van der Waals surface area contributed by atoms with Crippen LogP contribution in [-0.4, -0.2) is 23.8 Å². The van der Waals surface area contributed by atoms with Gasteiger partial charge in [0.15, 0.2) is 0 Å². The van der Waals surface area contributed by atoms with E-state index in [0.717, 1.165) is 0 Å². The molecule has 0 unspecified atom stereocenters. The average Bonchev–Trinajstić information content (AvgIpc) is 2.82. The van der Waals surface area contributed by atoms with E-state index >= 15 is 0 Å². The predicted molar refractivity (Wildman–Crippen MR) is 85.3 cm³/mol. The molecule has 0 spiro atoms. The second kappa shape index (κ2) is 5.73. The Balaban J connectivity index is 2.06. The van der Waals surface area contributed by atoms with Crippen molar-refractivity contribution in [3.63, 3.8) is 0 Å². The van der Waals surface area contributed by atoms with Gasteiger partial charge in [-0.3, -0.25) is 14.6 Å². The third-order valence-electron chi connectivity index (χ3n) is 3.56. The lowest BCUT2D eigenvalue weighted by Gasteiger charge is -2.08. The van der Waals surface area contributed by atoms with Crippen molar-refractivity contribution < 1.29 is 9.59 Å². The van der Waals surface area contributed by atoms with Crippen molar-refractivity contribution >= 4 is 28.8 Å². The maximum Gasteiger partial charge on any atom is 0.267 e. The van der Waals surface area contributed by atoms with Gasteiger partial charge in [-0.1, -0.05) is 18.2 Å². The fraction of sp³-hybridized carbons (Fsp3) is 0.0588. The van der Waals surface area contributed by atoms with Gasteiger partial charge in [-0.2, -0.15) is 5.26 Å². The number of nitrogens with zero attached hydrogens (tertiary/aromatic N) is 3. The minimum absolute atomic E-state index is 0.118. The first-order valence-electron chi connectivity index (χ1n) is 6.86. The van der Waals surface area contributed by atoms with E-state index < -0.39 is 5.91 Å². The summed E-state index contributed by atoms with van der Waals surface area (Å²) in [6.07, 6.45) is 3.04. The molecule has 3 rings (SSSR count). The van der Waals surface area contributed by atoms with E-state index in [0.29, 0.717) is 16.9 Å². The number of rotatable bonds is 2. The molecule has 0 bridgehead atoms. The quantitative estimate of drug-likeness (QED) is 0.679. The highest BCUT2D eigenvalue weighted by atomic mass is 16.2. The average molecular weight is 304 g/mol. The van der Waals surface area contributed by atoms with Crippen LogP contribution >= 0.6 is 0 Å². The fourth-order valence-corrected chi connectivity index (χ4v) is 2.46. The van der Waals surface area contributed by atoms with Crippen LogP contribution in [0, 0.1) is 11.3 Å². The summed E-state index contributed by atoms with van der Waals surface area (Å²) in [7, 11) is 1.61. The lowest BCUT2D eigenvalue weighted by Crippen LogP contribution is -2.23. The number of fused-ring (bicyclic) bond motifs is 1. The van der Waals surface area contributed by atoms with Crippen molar-refractivity contribution in [2.24, 2.45) is 0 Å². The van der Waals surface area contributed by atoms with Crippen LogP contribution in [0.4, 0.5) is 11.4 Å². The Morgan fingerprint density at radius 1 is 1.26 bits per heavy atom. The Morgan fingerprint density at radius 3 is 2.74 bits per heavy atom. The third-order valence-corrected chi connectivity index (χ3v) is 3.56. The summed E-state index contributed by atoms with van der Waals surface area (Å²) in [6, 6.07) is 12.2. The smallest absolute Gasteiger partial charge is 0.267 e. The molecule has 6 heteroatoms. The number of nitrogens with one attached hydrogen (secondary N) is 1. The van der Waals surface area contributed by atoms with Gasteiger partial charge in [0.2, 0.25) is 0 Å². The fourth-order valence-electron chi connectivity index (χ4n) is 2.46. The van der Waals surface area contributed by atoms with Crippen LogP contribution in [-0.2, 0) is 9.59 Å². The van der Waals surface area contributed by atoms with Crippen molar-refractivity contribution in [3.05, 3.63) is 59.9 Å². The van der Waals surface area contributed by atoms with E-state index in [4.69, 9.17) is 0 Å². The number of benzene rings is 1. The standard InChI is InChI=1S/C17H12N4O2/c1-21-14-7-3-2-6-12(14)15(17(21)23)13(9-18)16(22)20-11-5-4-8-19-10-11/h2-8,10H,1H3,(H,20,22)/b15-13-. The summed E-state index contributed by atoms with van der Waals surface area (Å²) in [5.74, 6) is -1.00. The first-order chi connectivity index (χ1) is 11.1. The van der Waals surface area contributed by atoms with Crippen LogP contribution in [0.3, 0.4) is 0 Å². The molecule has 23 heavy (non-hydrogen) atoms. The molecule has 0 radical (unpaired) electrons. The molecule has 1 aliphatic rings. The molecule has 0 atom stereocenters. The minimum atomic E-state index is -0.631. The number of anilines is 2. The van der Waals surface area contributed by atoms with E-state index in [-0.39, 0.29) is 17.1 Å². The van der Waals surface area contributed by atoms with Gasteiger partial charge in [0.05, 0.1) is 23.1 Å². The topological polar surface area (TPSA) is 86.1 Å². The molecule has 0 aliphatic carbocycles. The second-order valence-corrected chi connectivity index (χ2v) is 4.94. The number of hydrogen-bond acceptors (Lipinski definition) is 4. The van der Waals surface area contributed by atoms with Gasteiger partial charge in [0, 0.05) is 18.8 Å². The van der Waals surface area contributed by atoms with Crippen LogP contribution in [0.25, 0.3) is 5.57 Å². The molecule has 6 nitrogen and oxygen atoms in total. The second-order valence-electron chi connectivity index (χ2n) is 4.94. The summed E-state index contributed by atoms with van der Waals surface area (Å²) < 4.78 is 0. The zero-order chi connectivity index (χ0) is 16.4. The Labute approximate surface area is 132 Å². The molecule has 2 amide bonds. The summed E-state index contributed by atoms with van der Waals surface area (Å²) >= 11 is 0. The lowest BCUT2D eigenvalue weighted by molar-refractivity contribution is -0.114. The molecule has 0 saturated heterocycles. The summed E-state index contributed by atoms with van der Waals surface area (Å²) in [4.78, 5) is 30.2. The van der Waals surface area contributed by atoms with Gasteiger partial charge in [0.25, 0.3) is 11.8 Å². The molecule has 112 valence electrons. The minimum Gasteiger partial charge on any atom is -0.320 e. The van der Waals surface area contributed by atoms with E-state index in [1.165, 1.54) is 11.1 Å². The highest BCUT2D eigenvalue weighted by molar-refractivity contribution is 6.37. The number of carbonyl (C=O) groups excluding carboxylic acids is 2. The molecule has 1 N–H and O–H groups in total. The maximum atomic E-state index is 12.4. The number of hydrogen-bond donors (Lipinski definition) is 1. The van der Waals surface area contributed by atoms with Crippen molar-refractivity contribution in [1.82, 2.24) is 4.98 Å². The maximum absolute atomic E-state index is 12.4. The highest BCUT2D eigenvalue weighted by Gasteiger charge is 2.34. The normalized spacial score (nSPS) is 15.0. The molecule has 1 aromatic heterocycles. The zero-order valence-corrected chi connectivity index (χ0v) is 12.3. The molecule has 0 fully saturated rings. The third kappa shape index (κ3) is 2.45. The van der Waals surface area contributed by atoms with Crippen LogP contribution in [0.1, 0.15) is 5.56 Å². The molecule has 0 saturated carbocycles. The van der Waals surface area contributed by atoms with E-state index in [9.17, 15) is 14.9 Å². The number of likely N-dealkylation sites (N-methyl/N-ethyl adjacent to an activating group) is 1. The number of carbonyl (C=O) groups is 2. The largest absolute Gasteiger partial charge is 0.320 e. The van der Waals surface area contributed by atoms with Gasteiger partial charge >= 0.3 is 0 Å². The number of amides is 2. The lowest BCUT2D eigenvalue weighted by atomic mass is 10.0. The Hall–Kier alpha value is -3.46. The van der Waals surface area contributed by atoms with Gasteiger partial charge in [-0.25, -0.2) is 0 Å². The molecular formula is C17H12N4O2. The van der Waals surface area contributed by atoms with Crippen LogP contribution < -0.4 is 10.2 Å². The zero-order valence-electron chi connectivity index (χ0n) is 12.3. The Kier molecular flexibility index (Phi) is 3.61. The molecule has 1 aromatic carbocycles. The molecule has 1 aliphatic heterocycles. The summed E-state index contributed by atoms with van der Waals surface area (Å²) in [6.45, 7) is 0. The molecule has 2 aromatic rings. The van der Waals surface area contributed by atoms with E-state index in [2.05, 4.69) is 10.3 Å². The van der Waals surface area contributed by atoms with Crippen LogP contribution in [0.15, 0.2) is 54.4 Å². The van der Waals surface area contributed by atoms with Gasteiger partial charge in [0.1, 0.15) is 11.6 Å². The van der Waals surface area contributed by atoms with Crippen molar-refractivity contribution in [2.75, 3.05) is 17.3 Å². The van der Waals surface area contributed by atoms with Gasteiger partial charge in [-0.05, 0) is 18.2 Å². The van der Waals surface area contributed by atoms with Crippen LogP contribution in [0.2, 0.25) is 0 Å². The summed E-state index contributed by atoms with van der Waals surface area (Å²) in [5, 5.41) is 12.0. The van der Waals surface area contributed by atoms with Crippen LogP contribution in [0.5, 0.6) is 0 Å².